The Morgan fingerprint density at radius 3 is 2.31 bits per heavy atom. The summed E-state index contributed by atoms with van der Waals surface area (Å²) in [5.41, 5.74) is 2.67. The minimum atomic E-state index is -0.280. The van der Waals surface area contributed by atoms with Gasteiger partial charge in [0.1, 0.15) is 18.2 Å². The first-order chi connectivity index (χ1) is 12.6. The van der Waals surface area contributed by atoms with Crippen LogP contribution in [0.25, 0.3) is 0 Å². The summed E-state index contributed by atoms with van der Waals surface area (Å²) < 4.78 is 18.5. The van der Waals surface area contributed by atoms with Gasteiger partial charge in [0.05, 0.1) is 0 Å². The molecule has 1 aliphatic rings. The zero-order valence-electron chi connectivity index (χ0n) is 14.7. The Kier molecular flexibility index (Phi) is 6.02. The summed E-state index contributed by atoms with van der Waals surface area (Å²) in [5, 5.41) is 3.24. The van der Waals surface area contributed by atoms with E-state index in [1.165, 1.54) is 12.1 Å². The number of nitrogens with zero attached hydrogens (tertiary/aromatic N) is 1. The Hall–Kier alpha value is -2.66. The van der Waals surface area contributed by atoms with E-state index in [1.807, 2.05) is 29.2 Å². The molecule has 1 aliphatic heterocycles. The second-order valence-corrected chi connectivity index (χ2v) is 6.38. The molecule has 0 spiro atoms. The molecule has 1 N–H and O–H groups in total. The van der Waals surface area contributed by atoms with Crippen molar-refractivity contribution in [1.29, 1.82) is 0 Å². The maximum Gasteiger partial charge on any atom is 0.249 e. The van der Waals surface area contributed by atoms with Crippen LogP contribution in [-0.2, 0) is 17.8 Å². The van der Waals surface area contributed by atoms with Gasteiger partial charge in [0.2, 0.25) is 5.91 Å². The van der Waals surface area contributed by atoms with Crippen molar-refractivity contribution >= 4 is 5.91 Å². The third kappa shape index (κ3) is 4.92. The van der Waals surface area contributed by atoms with Gasteiger partial charge >= 0.3 is 0 Å². The van der Waals surface area contributed by atoms with E-state index in [9.17, 15) is 9.18 Å². The van der Waals surface area contributed by atoms with Crippen LogP contribution in [0.3, 0.4) is 0 Å². The summed E-state index contributed by atoms with van der Waals surface area (Å²) in [4.78, 5) is 14.3. The second-order valence-electron chi connectivity index (χ2n) is 6.38. The van der Waals surface area contributed by atoms with Crippen molar-refractivity contribution in [3.05, 3.63) is 77.6 Å². The number of ether oxygens (including phenoxy) is 1. The molecule has 26 heavy (non-hydrogen) atoms. The molecule has 5 heteroatoms. The van der Waals surface area contributed by atoms with Crippen LogP contribution in [0.4, 0.5) is 4.39 Å². The number of piperazine rings is 1. The summed E-state index contributed by atoms with van der Waals surface area (Å²) in [6, 6.07) is 13.9. The third-order valence-electron chi connectivity index (χ3n) is 4.37. The number of hydrogen-bond donors (Lipinski definition) is 1. The van der Waals surface area contributed by atoms with E-state index in [2.05, 4.69) is 11.9 Å². The number of benzene rings is 2. The average molecular weight is 354 g/mol. The van der Waals surface area contributed by atoms with Crippen molar-refractivity contribution in [2.24, 2.45) is 0 Å². The molecule has 0 bridgehead atoms. The fourth-order valence-corrected chi connectivity index (χ4v) is 2.86. The summed E-state index contributed by atoms with van der Waals surface area (Å²) in [6.07, 6.45) is 0.544. The monoisotopic (exact) mass is 354 g/mol. The topological polar surface area (TPSA) is 41.6 Å². The first kappa shape index (κ1) is 18.1. The summed E-state index contributed by atoms with van der Waals surface area (Å²) in [6.45, 7) is 7.51. The average Bonchev–Trinajstić information content (AvgIpc) is 2.68. The molecule has 0 radical (unpaired) electrons. The van der Waals surface area contributed by atoms with Gasteiger partial charge in [0.15, 0.2) is 0 Å². The molecule has 3 rings (SSSR count). The molecule has 1 saturated heterocycles. The van der Waals surface area contributed by atoms with Crippen LogP contribution < -0.4 is 10.1 Å². The summed E-state index contributed by atoms with van der Waals surface area (Å²) in [7, 11) is 0. The zero-order chi connectivity index (χ0) is 18.4. The molecule has 0 unspecified atom stereocenters. The Morgan fingerprint density at radius 1 is 1.04 bits per heavy atom. The molecule has 2 aromatic rings. The number of hydrogen-bond acceptors (Lipinski definition) is 3. The molecular formula is C21H23FN2O2. The minimum absolute atomic E-state index is 0.0372. The van der Waals surface area contributed by atoms with Crippen LogP contribution in [-0.4, -0.2) is 37.0 Å². The molecule has 0 atom stereocenters. The van der Waals surface area contributed by atoms with Gasteiger partial charge < -0.3 is 15.0 Å². The van der Waals surface area contributed by atoms with Crippen LogP contribution in [0.5, 0.6) is 5.75 Å². The van der Waals surface area contributed by atoms with Gasteiger partial charge in [-0.1, -0.05) is 30.8 Å². The van der Waals surface area contributed by atoms with Gasteiger partial charge in [-0.05, 0) is 35.4 Å². The standard InChI is InChI=1S/C21H23FN2O2/c1-16(21(25)24-12-10-23-11-13-24)14-17-2-4-18(5-3-17)15-26-20-8-6-19(22)7-9-20/h2-9,23H,1,10-15H2. The lowest BCUT2D eigenvalue weighted by Crippen LogP contribution is -2.46. The molecule has 4 nitrogen and oxygen atoms in total. The number of rotatable bonds is 6. The van der Waals surface area contributed by atoms with Crippen LogP contribution in [0.15, 0.2) is 60.7 Å². The predicted octanol–water partition coefficient (Wildman–Crippen LogP) is 2.94. The van der Waals surface area contributed by atoms with Gasteiger partial charge in [-0.25, -0.2) is 4.39 Å². The predicted molar refractivity (Wildman–Crippen MR) is 99.5 cm³/mol. The minimum Gasteiger partial charge on any atom is -0.489 e. The number of nitrogens with one attached hydrogen (secondary N) is 1. The second kappa shape index (κ2) is 8.63. The molecule has 1 amide bonds. The van der Waals surface area contributed by atoms with Gasteiger partial charge in [0, 0.05) is 38.2 Å². The highest BCUT2D eigenvalue weighted by atomic mass is 19.1. The highest BCUT2D eigenvalue weighted by Gasteiger charge is 2.18. The highest BCUT2D eigenvalue weighted by Crippen LogP contribution is 2.15. The number of amides is 1. The smallest absolute Gasteiger partial charge is 0.249 e. The summed E-state index contributed by atoms with van der Waals surface area (Å²) >= 11 is 0. The van der Waals surface area contributed by atoms with E-state index in [0.29, 0.717) is 24.4 Å². The largest absolute Gasteiger partial charge is 0.489 e. The quantitative estimate of drug-likeness (QED) is 0.811. The molecular weight excluding hydrogens is 331 g/mol. The van der Waals surface area contributed by atoms with Crippen LogP contribution in [0.1, 0.15) is 11.1 Å². The van der Waals surface area contributed by atoms with Gasteiger partial charge in [0.25, 0.3) is 0 Å². The molecule has 2 aromatic carbocycles. The first-order valence-corrected chi connectivity index (χ1v) is 8.76. The van der Waals surface area contributed by atoms with E-state index in [0.717, 1.165) is 37.3 Å². The Labute approximate surface area is 153 Å². The number of carbonyl (C=O) groups is 1. The van der Waals surface area contributed by atoms with E-state index in [1.54, 1.807) is 12.1 Å². The Morgan fingerprint density at radius 2 is 1.65 bits per heavy atom. The van der Waals surface area contributed by atoms with Crippen LogP contribution >= 0.6 is 0 Å². The fourth-order valence-electron chi connectivity index (χ4n) is 2.86. The van der Waals surface area contributed by atoms with Crippen LogP contribution in [0, 0.1) is 5.82 Å². The van der Waals surface area contributed by atoms with Crippen molar-refractivity contribution in [1.82, 2.24) is 10.2 Å². The normalized spacial score (nSPS) is 14.1. The fraction of sp³-hybridized carbons (Fsp3) is 0.286. The lowest BCUT2D eigenvalue weighted by Gasteiger charge is -2.28. The van der Waals surface area contributed by atoms with Crippen LogP contribution in [0.2, 0.25) is 0 Å². The third-order valence-corrected chi connectivity index (χ3v) is 4.37. The molecule has 0 saturated carbocycles. The number of halogens is 1. The maximum absolute atomic E-state index is 12.9. The van der Waals surface area contributed by atoms with E-state index in [4.69, 9.17) is 4.74 Å². The zero-order valence-corrected chi connectivity index (χ0v) is 14.7. The van der Waals surface area contributed by atoms with E-state index in [-0.39, 0.29) is 11.7 Å². The lowest BCUT2D eigenvalue weighted by atomic mass is 10.0. The van der Waals surface area contributed by atoms with E-state index < -0.39 is 0 Å². The van der Waals surface area contributed by atoms with Crippen molar-refractivity contribution in [2.45, 2.75) is 13.0 Å². The number of carbonyl (C=O) groups excluding carboxylic acids is 1. The lowest BCUT2D eigenvalue weighted by molar-refractivity contribution is -0.127. The van der Waals surface area contributed by atoms with Gasteiger partial charge in [-0.15, -0.1) is 0 Å². The summed E-state index contributed by atoms with van der Waals surface area (Å²) in [5.74, 6) is 0.387. The highest BCUT2D eigenvalue weighted by molar-refractivity contribution is 5.93. The van der Waals surface area contributed by atoms with Crippen molar-refractivity contribution < 1.29 is 13.9 Å². The maximum atomic E-state index is 12.9. The molecule has 1 heterocycles. The Bertz CT molecular complexity index is 751. The molecule has 0 aromatic heterocycles. The molecule has 0 aliphatic carbocycles. The van der Waals surface area contributed by atoms with Crippen molar-refractivity contribution in [3.8, 4) is 5.75 Å². The van der Waals surface area contributed by atoms with Crippen molar-refractivity contribution in [3.63, 3.8) is 0 Å². The molecule has 136 valence electrons. The first-order valence-electron chi connectivity index (χ1n) is 8.76. The van der Waals surface area contributed by atoms with Gasteiger partial charge in [-0.3, -0.25) is 4.79 Å². The van der Waals surface area contributed by atoms with Crippen molar-refractivity contribution in [2.75, 3.05) is 26.2 Å². The SMILES string of the molecule is C=C(Cc1ccc(COc2ccc(F)cc2)cc1)C(=O)N1CCNCC1. The van der Waals surface area contributed by atoms with E-state index >= 15 is 0 Å². The Balaban J connectivity index is 1.51. The van der Waals surface area contributed by atoms with Gasteiger partial charge in [-0.2, -0.15) is 0 Å². The molecule has 1 fully saturated rings.